The van der Waals surface area contributed by atoms with Crippen LogP contribution in [-0.2, 0) is 6.18 Å². The number of furan rings is 1. The van der Waals surface area contributed by atoms with Gasteiger partial charge in [-0.1, -0.05) is 15.9 Å². The van der Waals surface area contributed by atoms with Crippen LogP contribution in [0.3, 0.4) is 0 Å². The van der Waals surface area contributed by atoms with E-state index in [0.29, 0.717) is 15.8 Å². The van der Waals surface area contributed by atoms with Crippen LogP contribution in [0.1, 0.15) is 5.56 Å². The van der Waals surface area contributed by atoms with Crippen molar-refractivity contribution in [3.8, 4) is 22.8 Å². The standard InChI is InChI=1S/C17H8BrF5O2/c18-10-3-4-15(11(8-10)14-2-1-5-24-14)25-16-12(19)6-9(7-13(16)20)17(21,22)23/h1-8H. The first-order valence-electron chi connectivity index (χ1n) is 6.83. The van der Waals surface area contributed by atoms with Crippen molar-refractivity contribution >= 4 is 15.9 Å². The highest BCUT2D eigenvalue weighted by atomic mass is 79.9. The highest BCUT2D eigenvalue weighted by molar-refractivity contribution is 9.10. The molecule has 2 nitrogen and oxygen atoms in total. The maximum atomic E-state index is 14.0. The average Bonchev–Trinajstić information content (AvgIpc) is 3.05. The second-order valence-electron chi connectivity index (χ2n) is 4.99. The zero-order valence-electron chi connectivity index (χ0n) is 12.2. The molecular weight excluding hydrogens is 411 g/mol. The Bertz CT molecular complexity index is 881. The van der Waals surface area contributed by atoms with Crippen LogP contribution in [0.5, 0.6) is 11.5 Å². The number of alkyl halides is 3. The smallest absolute Gasteiger partial charge is 0.416 e. The third-order valence-corrected chi connectivity index (χ3v) is 3.76. The van der Waals surface area contributed by atoms with Crippen LogP contribution in [0, 0.1) is 11.6 Å². The fourth-order valence-electron chi connectivity index (χ4n) is 2.15. The third-order valence-electron chi connectivity index (χ3n) is 3.27. The fraction of sp³-hybridized carbons (Fsp3) is 0.0588. The molecule has 0 unspecified atom stereocenters. The van der Waals surface area contributed by atoms with Gasteiger partial charge < -0.3 is 9.15 Å². The van der Waals surface area contributed by atoms with Gasteiger partial charge >= 0.3 is 6.18 Å². The lowest BCUT2D eigenvalue weighted by Gasteiger charge is -2.13. The molecule has 0 aliphatic carbocycles. The second kappa shape index (κ2) is 6.51. The Kier molecular flexibility index (Phi) is 4.55. The second-order valence-corrected chi connectivity index (χ2v) is 5.90. The summed E-state index contributed by atoms with van der Waals surface area (Å²) in [5.74, 6) is -3.45. The average molecular weight is 419 g/mol. The molecule has 0 saturated heterocycles. The van der Waals surface area contributed by atoms with Crippen molar-refractivity contribution in [1.82, 2.24) is 0 Å². The van der Waals surface area contributed by atoms with Crippen LogP contribution < -0.4 is 4.74 Å². The predicted octanol–water partition coefficient (Wildman–Crippen LogP) is 6.80. The molecule has 8 heteroatoms. The van der Waals surface area contributed by atoms with E-state index in [9.17, 15) is 22.0 Å². The predicted molar refractivity (Wildman–Crippen MR) is 83.3 cm³/mol. The van der Waals surface area contributed by atoms with Crippen LogP contribution in [0.15, 0.2) is 57.6 Å². The Morgan fingerprint density at radius 2 is 1.64 bits per heavy atom. The van der Waals surface area contributed by atoms with Crippen molar-refractivity contribution in [2.45, 2.75) is 6.18 Å². The van der Waals surface area contributed by atoms with E-state index in [0.717, 1.165) is 0 Å². The van der Waals surface area contributed by atoms with Crippen molar-refractivity contribution in [3.63, 3.8) is 0 Å². The summed E-state index contributed by atoms with van der Waals surface area (Å²) in [7, 11) is 0. The largest absolute Gasteiger partial charge is 0.464 e. The molecule has 130 valence electrons. The molecule has 0 fully saturated rings. The molecule has 0 bridgehead atoms. The SMILES string of the molecule is Fc1cc(C(F)(F)F)cc(F)c1Oc1ccc(Br)cc1-c1ccco1. The molecule has 2 aromatic carbocycles. The molecule has 3 rings (SSSR count). The van der Waals surface area contributed by atoms with E-state index in [4.69, 9.17) is 9.15 Å². The highest BCUT2D eigenvalue weighted by Crippen LogP contribution is 2.39. The van der Waals surface area contributed by atoms with Gasteiger partial charge in [0, 0.05) is 4.47 Å². The van der Waals surface area contributed by atoms with E-state index in [-0.39, 0.29) is 17.9 Å². The number of hydrogen-bond donors (Lipinski definition) is 0. The molecule has 3 aromatic rings. The van der Waals surface area contributed by atoms with Crippen LogP contribution in [-0.4, -0.2) is 0 Å². The number of benzene rings is 2. The monoisotopic (exact) mass is 418 g/mol. The van der Waals surface area contributed by atoms with Gasteiger partial charge in [-0.2, -0.15) is 13.2 Å². The summed E-state index contributed by atoms with van der Waals surface area (Å²) in [5, 5.41) is 0. The molecule has 0 N–H and O–H groups in total. The summed E-state index contributed by atoms with van der Waals surface area (Å²) in [6, 6.07) is 8.15. The van der Waals surface area contributed by atoms with Crippen LogP contribution >= 0.6 is 15.9 Å². The summed E-state index contributed by atoms with van der Waals surface area (Å²) >= 11 is 3.26. The third kappa shape index (κ3) is 3.68. The summed E-state index contributed by atoms with van der Waals surface area (Å²) < 4.78 is 76.9. The molecule has 0 radical (unpaired) electrons. The van der Waals surface area contributed by atoms with Gasteiger partial charge in [-0.15, -0.1) is 0 Å². The first-order valence-corrected chi connectivity index (χ1v) is 7.62. The normalized spacial score (nSPS) is 11.6. The number of ether oxygens (including phenoxy) is 1. The maximum Gasteiger partial charge on any atom is 0.416 e. The van der Waals surface area contributed by atoms with Gasteiger partial charge in [0.2, 0.25) is 0 Å². The van der Waals surface area contributed by atoms with E-state index in [1.807, 2.05) is 0 Å². The first kappa shape index (κ1) is 17.5. The van der Waals surface area contributed by atoms with Gasteiger partial charge in [0.25, 0.3) is 0 Å². The summed E-state index contributed by atoms with van der Waals surface area (Å²) in [4.78, 5) is 0. The molecular formula is C17H8BrF5O2. The van der Waals surface area contributed by atoms with Gasteiger partial charge in [-0.25, -0.2) is 8.78 Å². The van der Waals surface area contributed by atoms with E-state index >= 15 is 0 Å². The van der Waals surface area contributed by atoms with Gasteiger partial charge in [0.15, 0.2) is 17.4 Å². The minimum absolute atomic E-state index is 0.0238. The first-order chi connectivity index (χ1) is 11.8. The molecule has 1 heterocycles. The topological polar surface area (TPSA) is 22.4 Å². The molecule has 0 atom stereocenters. The molecule has 0 saturated carbocycles. The molecule has 1 aromatic heterocycles. The molecule has 0 aliphatic heterocycles. The lowest BCUT2D eigenvalue weighted by molar-refractivity contribution is -0.138. The Hall–Kier alpha value is -2.35. The van der Waals surface area contributed by atoms with E-state index < -0.39 is 29.1 Å². The number of rotatable bonds is 3. The molecule has 0 aliphatic rings. The van der Waals surface area contributed by atoms with Crippen LogP contribution in [0.4, 0.5) is 22.0 Å². The van der Waals surface area contributed by atoms with Crippen molar-refractivity contribution in [3.05, 3.63) is 70.4 Å². The minimum Gasteiger partial charge on any atom is -0.464 e. The number of hydrogen-bond acceptors (Lipinski definition) is 2. The Labute approximate surface area is 147 Å². The van der Waals surface area contributed by atoms with Crippen LogP contribution in [0.25, 0.3) is 11.3 Å². The zero-order valence-corrected chi connectivity index (χ0v) is 13.8. The molecule has 0 spiro atoms. The van der Waals surface area contributed by atoms with Gasteiger partial charge in [0.05, 0.1) is 17.4 Å². The summed E-state index contributed by atoms with van der Waals surface area (Å²) in [6.07, 6.45) is -3.46. The molecule has 25 heavy (non-hydrogen) atoms. The van der Waals surface area contributed by atoms with Crippen molar-refractivity contribution in [2.24, 2.45) is 0 Å². The Morgan fingerprint density at radius 3 is 2.20 bits per heavy atom. The lowest BCUT2D eigenvalue weighted by Crippen LogP contribution is -2.07. The van der Waals surface area contributed by atoms with Crippen molar-refractivity contribution in [1.29, 1.82) is 0 Å². The summed E-state index contributed by atoms with van der Waals surface area (Å²) in [5.41, 5.74) is -1.06. The minimum atomic E-state index is -4.86. The number of halogens is 6. The molecule has 0 amide bonds. The van der Waals surface area contributed by atoms with Crippen molar-refractivity contribution in [2.75, 3.05) is 0 Å². The van der Waals surface area contributed by atoms with Crippen LogP contribution in [0.2, 0.25) is 0 Å². The quantitative estimate of drug-likeness (QED) is 0.436. The zero-order chi connectivity index (χ0) is 18.2. The van der Waals surface area contributed by atoms with E-state index in [1.165, 1.54) is 12.3 Å². The maximum absolute atomic E-state index is 14.0. The highest BCUT2D eigenvalue weighted by Gasteiger charge is 2.33. The van der Waals surface area contributed by atoms with Gasteiger partial charge in [-0.05, 0) is 42.5 Å². The Morgan fingerprint density at radius 1 is 0.960 bits per heavy atom. The Balaban J connectivity index is 2.04. The van der Waals surface area contributed by atoms with Gasteiger partial charge in [-0.3, -0.25) is 0 Å². The van der Waals surface area contributed by atoms with E-state index in [2.05, 4.69) is 15.9 Å². The van der Waals surface area contributed by atoms with E-state index in [1.54, 1.807) is 24.3 Å². The van der Waals surface area contributed by atoms with Crippen molar-refractivity contribution < 1.29 is 31.1 Å². The lowest BCUT2D eigenvalue weighted by atomic mass is 10.1. The van der Waals surface area contributed by atoms with Gasteiger partial charge in [0.1, 0.15) is 11.5 Å². The summed E-state index contributed by atoms with van der Waals surface area (Å²) in [6.45, 7) is 0. The fourth-order valence-corrected chi connectivity index (χ4v) is 2.51.